The van der Waals surface area contributed by atoms with E-state index in [0.29, 0.717) is 45.1 Å². The molecule has 0 fully saturated rings. The maximum absolute atomic E-state index is 14.0. The van der Waals surface area contributed by atoms with Gasteiger partial charge >= 0.3 is 5.97 Å². The Labute approximate surface area is 259 Å². The number of rotatable bonds is 9. The molecule has 0 saturated heterocycles. The number of carbonyl (C=O) groups is 1. The second-order valence-corrected chi connectivity index (χ2v) is 11.3. The monoisotopic (exact) mass is 604 g/mol. The van der Waals surface area contributed by atoms with E-state index in [4.69, 9.17) is 14.2 Å². The van der Waals surface area contributed by atoms with Gasteiger partial charge in [0.25, 0.3) is 5.56 Å². The Morgan fingerprint density at radius 1 is 0.909 bits per heavy atom. The molecule has 0 saturated carbocycles. The second kappa shape index (κ2) is 12.7. The summed E-state index contributed by atoms with van der Waals surface area (Å²) in [5.41, 5.74) is 3.26. The third-order valence-electron chi connectivity index (χ3n) is 7.48. The van der Waals surface area contributed by atoms with Gasteiger partial charge in [0, 0.05) is 5.56 Å². The maximum Gasteiger partial charge on any atom is 0.338 e. The zero-order valence-electron chi connectivity index (χ0n) is 24.8. The minimum absolute atomic E-state index is 0.210. The molecule has 44 heavy (non-hydrogen) atoms. The number of carbonyl (C=O) groups excluding carboxylic acids is 1. The molecule has 1 aliphatic heterocycles. The molecule has 1 atom stereocenters. The molecule has 0 spiro atoms. The number of nitrogens with zero attached hydrogens (tertiary/aromatic N) is 2. The van der Waals surface area contributed by atoms with Crippen LogP contribution in [-0.2, 0) is 16.1 Å². The lowest BCUT2D eigenvalue weighted by Gasteiger charge is -2.26. The molecule has 8 heteroatoms. The van der Waals surface area contributed by atoms with Crippen LogP contribution in [0.2, 0.25) is 0 Å². The first-order chi connectivity index (χ1) is 21.5. The molecule has 0 radical (unpaired) electrons. The number of hydrogen-bond acceptors (Lipinski definition) is 7. The molecule has 0 aliphatic carbocycles. The summed E-state index contributed by atoms with van der Waals surface area (Å²) in [6.45, 7) is 6.53. The number of para-hydroxylation sites is 1. The largest absolute Gasteiger partial charge is 0.494 e. The minimum atomic E-state index is -0.736. The van der Waals surface area contributed by atoms with Gasteiger partial charge in [-0.1, -0.05) is 84.1 Å². The Bertz CT molecular complexity index is 2050. The first kappa shape index (κ1) is 29.1. The Hall–Kier alpha value is -4.95. The molecule has 1 aromatic heterocycles. The van der Waals surface area contributed by atoms with Crippen LogP contribution in [0.5, 0.6) is 11.5 Å². The topological polar surface area (TPSA) is 79.1 Å². The van der Waals surface area contributed by atoms with E-state index in [1.54, 1.807) is 18.4 Å². The highest BCUT2D eigenvalue weighted by atomic mass is 32.1. The van der Waals surface area contributed by atoms with E-state index in [-0.39, 0.29) is 12.2 Å². The lowest BCUT2D eigenvalue weighted by Crippen LogP contribution is -2.40. The third kappa shape index (κ3) is 5.68. The summed E-state index contributed by atoms with van der Waals surface area (Å²) in [6.07, 6.45) is 1.84. The predicted octanol–water partition coefficient (Wildman–Crippen LogP) is 5.93. The van der Waals surface area contributed by atoms with Crippen molar-refractivity contribution in [3.8, 4) is 11.5 Å². The average Bonchev–Trinajstić information content (AvgIpc) is 3.34. The van der Waals surface area contributed by atoms with Crippen LogP contribution in [0.15, 0.2) is 112 Å². The van der Waals surface area contributed by atoms with E-state index in [1.165, 1.54) is 22.1 Å². The molecule has 5 aromatic rings. The van der Waals surface area contributed by atoms with Crippen LogP contribution >= 0.6 is 11.3 Å². The van der Waals surface area contributed by atoms with Crippen molar-refractivity contribution in [1.29, 1.82) is 0 Å². The van der Waals surface area contributed by atoms with Gasteiger partial charge in [0.1, 0.15) is 24.1 Å². The van der Waals surface area contributed by atoms with Gasteiger partial charge in [0.2, 0.25) is 0 Å². The highest BCUT2D eigenvalue weighted by molar-refractivity contribution is 7.07. The van der Waals surface area contributed by atoms with Crippen molar-refractivity contribution in [1.82, 2.24) is 4.57 Å². The Kier molecular flexibility index (Phi) is 8.43. The molecule has 6 rings (SSSR count). The second-order valence-electron chi connectivity index (χ2n) is 10.3. The number of ether oxygens (including phenoxy) is 3. The van der Waals surface area contributed by atoms with E-state index in [2.05, 4.69) is 29.3 Å². The van der Waals surface area contributed by atoms with Gasteiger partial charge in [-0.05, 0) is 66.9 Å². The van der Waals surface area contributed by atoms with Crippen LogP contribution in [-0.4, -0.2) is 23.8 Å². The van der Waals surface area contributed by atoms with E-state index in [9.17, 15) is 9.59 Å². The van der Waals surface area contributed by atoms with E-state index < -0.39 is 12.0 Å². The van der Waals surface area contributed by atoms with Crippen LogP contribution in [0.25, 0.3) is 16.8 Å². The summed E-state index contributed by atoms with van der Waals surface area (Å²) in [5, 5.41) is 2.35. The summed E-state index contributed by atoms with van der Waals surface area (Å²) in [6, 6.07) is 28.8. The van der Waals surface area contributed by atoms with Crippen LogP contribution in [0, 0.1) is 0 Å². The molecule has 0 amide bonds. The van der Waals surface area contributed by atoms with E-state index in [1.807, 2.05) is 79.7 Å². The van der Waals surface area contributed by atoms with Crippen molar-refractivity contribution >= 4 is 34.2 Å². The normalized spacial score (nSPS) is 14.7. The highest BCUT2D eigenvalue weighted by Crippen LogP contribution is 2.35. The fourth-order valence-corrected chi connectivity index (χ4v) is 6.52. The zero-order chi connectivity index (χ0) is 30.6. The Morgan fingerprint density at radius 2 is 1.66 bits per heavy atom. The van der Waals surface area contributed by atoms with Crippen LogP contribution < -0.4 is 24.4 Å². The maximum atomic E-state index is 14.0. The van der Waals surface area contributed by atoms with Gasteiger partial charge in [-0.25, -0.2) is 9.79 Å². The summed E-state index contributed by atoms with van der Waals surface area (Å²) < 4.78 is 19.5. The SMILES string of the molecule is CCOC(=O)C1=C(C)N=c2s/c(=C\c3ccc(OCc4cccc5ccccc45)cc3)c(=O)n2[C@@H]1c1ccccc1OCC. The minimum Gasteiger partial charge on any atom is -0.494 e. The molecule has 0 bridgehead atoms. The summed E-state index contributed by atoms with van der Waals surface area (Å²) in [5.74, 6) is 0.836. The smallest absolute Gasteiger partial charge is 0.338 e. The van der Waals surface area contributed by atoms with Gasteiger partial charge in [0.15, 0.2) is 4.80 Å². The molecule has 0 unspecified atom stereocenters. The molecular weight excluding hydrogens is 572 g/mol. The fraction of sp³-hybridized carbons (Fsp3) is 0.194. The van der Waals surface area contributed by atoms with Crippen molar-refractivity contribution in [2.45, 2.75) is 33.4 Å². The van der Waals surface area contributed by atoms with Crippen LogP contribution in [0.3, 0.4) is 0 Å². The lowest BCUT2D eigenvalue weighted by molar-refractivity contribution is -0.139. The Balaban J connectivity index is 1.34. The first-order valence-electron chi connectivity index (χ1n) is 14.6. The number of aromatic nitrogens is 1. The lowest BCUT2D eigenvalue weighted by atomic mass is 9.95. The van der Waals surface area contributed by atoms with E-state index >= 15 is 0 Å². The number of allylic oxidation sites excluding steroid dienone is 1. The number of hydrogen-bond donors (Lipinski definition) is 0. The molecule has 0 N–H and O–H groups in total. The quantitative estimate of drug-likeness (QED) is 0.195. The molecule has 4 aromatic carbocycles. The Morgan fingerprint density at radius 3 is 2.45 bits per heavy atom. The van der Waals surface area contributed by atoms with Crippen molar-refractivity contribution in [2.75, 3.05) is 13.2 Å². The van der Waals surface area contributed by atoms with Gasteiger partial charge < -0.3 is 14.2 Å². The van der Waals surface area contributed by atoms with Crippen molar-refractivity contribution in [2.24, 2.45) is 4.99 Å². The molecular formula is C36H32N2O5S. The summed E-state index contributed by atoms with van der Waals surface area (Å²) in [7, 11) is 0. The van der Waals surface area contributed by atoms with Crippen molar-refractivity contribution in [3.63, 3.8) is 0 Å². The van der Waals surface area contributed by atoms with E-state index in [0.717, 1.165) is 16.9 Å². The summed E-state index contributed by atoms with van der Waals surface area (Å²) in [4.78, 5) is 32.4. The van der Waals surface area contributed by atoms with Crippen molar-refractivity contribution < 1.29 is 19.0 Å². The van der Waals surface area contributed by atoms with Crippen LogP contribution in [0.4, 0.5) is 0 Å². The predicted molar refractivity (Wildman–Crippen MR) is 173 cm³/mol. The van der Waals surface area contributed by atoms with Crippen LogP contribution in [0.1, 0.15) is 43.5 Å². The van der Waals surface area contributed by atoms with Crippen molar-refractivity contribution in [3.05, 3.63) is 139 Å². The highest BCUT2D eigenvalue weighted by Gasteiger charge is 2.35. The van der Waals surface area contributed by atoms with Gasteiger partial charge in [-0.3, -0.25) is 9.36 Å². The molecule has 1 aliphatic rings. The standard InChI is InChI=1S/C36H32N2O5S/c1-4-41-30-16-9-8-15-29(30)33-32(35(40)42-5-2)23(3)37-36-38(33)34(39)31(44-36)21-24-17-19-27(20-18-24)43-22-26-13-10-12-25-11-6-7-14-28(25)26/h6-21,33H,4-5,22H2,1-3H3/b31-21-/t33-/m1/s1. The first-order valence-corrected chi connectivity index (χ1v) is 15.4. The summed E-state index contributed by atoms with van der Waals surface area (Å²) >= 11 is 1.29. The number of benzene rings is 4. The number of esters is 1. The average molecular weight is 605 g/mol. The number of fused-ring (bicyclic) bond motifs is 2. The number of thiazole rings is 1. The molecule has 222 valence electrons. The van der Waals surface area contributed by atoms with Gasteiger partial charge in [-0.15, -0.1) is 0 Å². The molecule has 7 nitrogen and oxygen atoms in total. The third-order valence-corrected chi connectivity index (χ3v) is 8.47. The van der Waals surface area contributed by atoms with Gasteiger partial charge in [0.05, 0.1) is 29.0 Å². The fourth-order valence-electron chi connectivity index (χ4n) is 5.47. The zero-order valence-corrected chi connectivity index (χ0v) is 25.6. The molecule has 2 heterocycles. The van der Waals surface area contributed by atoms with Gasteiger partial charge in [-0.2, -0.15) is 0 Å².